The van der Waals surface area contributed by atoms with Crippen LogP contribution >= 0.6 is 0 Å². The highest BCUT2D eigenvalue weighted by molar-refractivity contribution is 6.00. The molecule has 4 aliphatic rings. The summed E-state index contributed by atoms with van der Waals surface area (Å²) in [5.41, 5.74) is 2.93. The molecule has 1 aromatic heterocycles. The number of urea groups is 1. The van der Waals surface area contributed by atoms with Gasteiger partial charge in [-0.3, -0.25) is 10.2 Å². The summed E-state index contributed by atoms with van der Waals surface area (Å²) >= 11 is 0. The van der Waals surface area contributed by atoms with Crippen molar-refractivity contribution in [2.24, 2.45) is 16.9 Å². The van der Waals surface area contributed by atoms with Crippen LogP contribution in [-0.2, 0) is 12.7 Å². The van der Waals surface area contributed by atoms with Crippen molar-refractivity contribution in [1.29, 1.82) is 0 Å². The molecule has 0 radical (unpaired) electrons. The molecule has 3 N–H and O–H groups in total. The first-order valence-corrected chi connectivity index (χ1v) is 14.9. The molecule has 2 aromatic rings. The van der Waals surface area contributed by atoms with Gasteiger partial charge in [0.25, 0.3) is 0 Å². The first-order valence-electron chi connectivity index (χ1n) is 14.9. The number of alkyl halides is 3. The maximum absolute atomic E-state index is 13.9. The Labute approximate surface area is 254 Å². The van der Waals surface area contributed by atoms with Crippen LogP contribution < -0.4 is 16.0 Å². The second-order valence-corrected chi connectivity index (χ2v) is 11.5. The van der Waals surface area contributed by atoms with Gasteiger partial charge in [0.05, 0.1) is 17.0 Å². The van der Waals surface area contributed by atoms with E-state index in [2.05, 4.69) is 64.0 Å². The number of halogens is 3. The molecule has 1 unspecified atom stereocenters. The summed E-state index contributed by atoms with van der Waals surface area (Å²) in [5.74, 6) is 7.43. The van der Waals surface area contributed by atoms with Crippen molar-refractivity contribution in [3.63, 3.8) is 0 Å². The summed E-state index contributed by atoms with van der Waals surface area (Å²) in [7, 11) is 0. The first kappa shape index (κ1) is 29.7. The lowest BCUT2D eigenvalue weighted by Gasteiger charge is -2.28. The largest absolute Gasteiger partial charge is 0.416 e. The molecule has 4 heterocycles. The van der Waals surface area contributed by atoms with Crippen LogP contribution in [0.3, 0.4) is 0 Å². The third-order valence-electron chi connectivity index (χ3n) is 7.86. The summed E-state index contributed by atoms with van der Waals surface area (Å²) in [5, 5.41) is 15.1. The number of fused-ring (bicyclic) bond motifs is 1. The van der Waals surface area contributed by atoms with E-state index in [1.165, 1.54) is 18.3 Å². The number of hydrogen-bond donors (Lipinski definition) is 3. The average Bonchev–Trinajstić information content (AvgIpc) is 3.86. The Morgan fingerprint density at radius 3 is 2.68 bits per heavy atom. The lowest BCUT2D eigenvalue weighted by Crippen LogP contribution is -2.43. The van der Waals surface area contributed by atoms with Gasteiger partial charge in [0.15, 0.2) is 0 Å². The number of pyridine rings is 1. The summed E-state index contributed by atoms with van der Waals surface area (Å²) in [6, 6.07) is 6.53. The van der Waals surface area contributed by atoms with Crippen LogP contribution in [-0.4, -0.2) is 52.8 Å². The first-order chi connectivity index (χ1) is 21.2. The highest BCUT2D eigenvalue weighted by Gasteiger charge is 2.34. The van der Waals surface area contributed by atoms with Gasteiger partial charge in [0, 0.05) is 56.1 Å². The van der Waals surface area contributed by atoms with E-state index in [1.54, 1.807) is 12.1 Å². The van der Waals surface area contributed by atoms with Crippen molar-refractivity contribution in [2.75, 3.05) is 36.8 Å². The van der Waals surface area contributed by atoms with Crippen LogP contribution in [0, 0.1) is 23.7 Å². The van der Waals surface area contributed by atoms with E-state index in [0.29, 0.717) is 24.6 Å². The fourth-order valence-corrected chi connectivity index (χ4v) is 5.36. The minimum Gasteiger partial charge on any atom is -0.314 e. The molecule has 2 fully saturated rings. The number of rotatable bonds is 5. The van der Waals surface area contributed by atoms with Gasteiger partial charge in [-0.25, -0.2) is 14.8 Å². The zero-order valence-electron chi connectivity index (χ0n) is 24.4. The lowest BCUT2D eigenvalue weighted by atomic mass is 10.0. The maximum atomic E-state index is 13.9. The van der Waals surface area contributed by atoms with Gasteiger partial charge in [0.1, 0.15) is 11.5 Å². The monoisotopic (exact) mass is 601 g/mol. The van der Waals surface area contributed by atoms with Crippen molar-refractivity contribution >= 4 is 23.2 Å². The van der Waals surface area contributed by atoms with Crippen LogP contribution in [0.15, 0.2) is 77.3 Å². The van der Waals surface area contributed by atoms with Crippen LogP contribution in [0.1, 0.15) is 42.9 Å². The van der Waals surface area contributed by atoms with Gasteiger partial charge in [-0.05, 0) is 79.2 Å². The van der Waals surface area contributed by atoms with E-state index in [-0.39, 0.29) is 29.5 Å². The number of hydrogen-bond acceptors (Lipinski definition) is 6. The number of aromatic nitrogens is 1. The Morgan fingerprint density at radius 1 is 1.09 bits per heavy atom. The number of benzene rings is 1. The van der Waals surface area contributed by atoms with Gasteiger partial charge < -0.3 is 10.6 Å². The summed E-state index contributed by atoms with van der Waals surface area (Å²) < 4.78 is 41.7. The topological polar surface area (TPSA) is 84.9 Å². The molecule has 6 rings (SSSR count). The fourth-order valence-electron chi connectivity index (χ4n) is 5.36. The number of hydrazone groups is 1. The van der Waals surface area contributed by atoms with Crippen LogP contribution in [0.2, 0.25) is 0 Å². The summed E-state index contributed by atoms with van der Waals surface area (Å²) in [6.07, 6.45) is 8.64. The second kappa shape index (κ2) is 12.7. The number of amides is 2. The molecule has 2 amide bonds. The van der Waals surface area contributed by atoms with E-state index in [4.69, 9.17) is 5.10 Å². The van der Waals surface area contributed by atoms with Crippen LogP contribution in [0.25, 0.3) is 0 Å². The van der Waals surface area contributed by atoms with Gasteiger partial charge >= 0.3 is 12.2 Å². The molecule has 8 nitrogen and oxygen atoms in total. The molecule has 3 aliphatic heterocycles. The van der Waals surface area contributed by atoms with Crippen molar-refractivity contribution < 1.29 is 18.0 Å². The summed E-state index contributed by atoms with van der Waals surface area (Å²) in [6.45, 7) is 5.16. The zero-order valence-corrected chi connectivity index (χ0v) is 24.4. The molecular formula is C33H34F3N7O. The molecule has 1 aromatic carbocycles. The van der Waals surface area contributed by atoms with Gasteiger partial charge in [-0.2, -0.15) is 18.3 Å². The average molecular weight is 602 g/mol. The Balaban J connectivity index is 1.14. The Morgan fingerprint density at radius 2 is 1.91 bits per heavy atom. The minimum atomic E-state index is -4.55. The smallest absolute Gasteiger partial charge is 0.314 e. The van der Waals surface area contributed by atoms with Gasteiger partial charge in [-0.15, -0.1) is 0 Å². The fraction of sp³-hybridized carbons (Fsp3) is 0.364. The van der Waals surface area contributed by atoms with Crippen molar-refractivity contribution in [3.05, 3.63) is 88.9 Å². The number of anilines is 2. The van der Waals surface area contributed by atoms with Crippen molar-refractivity contribution in [1.82, 2.24) is 20.2 Å². The molecule has 0 bridgehead atoms. The molecule has 0 spiro atoms. The third kappa shape index (κ3) is 7.38. The molecule has 1 aliphatic carbocycles. The predicted molar refractivity (Wildman–Crippen MR) is 164 cm³/mol. The van der Waals surface area contributed by atoms with Crippen molar-refractivity contribution in [2.45, 2.75) is 38.9 Å². The standard InChI is InChI=1S/C33H34F3N7O/c1-22-2-8-27-10-11-30(24-4-5-24)41-43(27)28(18-22)9-3-23-12-13-38-31(19-23)40-32(44)39-26-7-6-25(29(20-26)33(34,35)36)21-42-16-14-37-15-17-42/h6-8,10-13,18-20,22,24,37H,2,4-5,14-17,21H2,1H3,(H2,38,39,40,44). The van der Waals surface area contributed by atoms with Crippen LogP contribution in [0.4, 0.5) is 29.5 Å². The van der Waals surface area contributed by atoms with Gasteiger partial charge in [-0.1, -0.05) is 25.0 Å². The molecule has 44 heavy (non-hydrogen) atoms. The van der Waals surface area contributed by atoms with E-state index >= 15 is 0 Å². The number of nitrogens with one attached hydrogen (secondary N) is 3. The molecule has 11 heteroatoms. The zero-order chi connectivity index (χ0) is 30.7. The van der Waals surface area contributed by atoms with E-state index in [9.17, 15) is 18.0 Å². The van der Waals surface area contributed by atoms with E-state index in [1.807, 2.05) is 9.91 Å². The highest BCUT2D eigenvalue weighted by Crippen LogP contribution is 2.36. The lowest BCUT2D eigenvalue weighted by molar-refractivity contribution is -0.138. The Bertz CT molecular complexity index is 1600. The molecule has 1 saturated carbocycles. The van der Waals surface area contributed by atoms with E-state index in [0.717, 1.165) is 55.5 Å². The number of carbonyl (C=O) groups excluding carboxylic acids is 1. The quantitative estimate of drug-likeness (QED) is 0.369. The van der Waals surface area contributed by atoms with E-state index < -0.39 is 17.8 Å². The summed E-state index contributed by atoms with van der Waals surface area (Å²) in [4.78, 5) is 18.9. The number of nitrogens with zero attached hydrogens (tertiary/aromatic N) is 4. The molecular weight excluding hydrogens is 567 g/mol. The number of carbonyl (C=O) groups is 1. The third-order valence-corrected chi connectivity index (χ3v) is 7.86. The highest BCUT2D eigenvalue weighted by atomic mass is 19.4. The Kier molecular flexibility index (Phi) is 8.55. The van der Waals surface area contributed by atoms with Gasteiger partial charge in [0.2, 0.25) is 0 Å². The molecule has 1 atom stereocenters. The number of allylic oxidation sites excluding steroid dienone is 5. The Hall–Kier alpha value is -4.40. The number of piperazine rings is 1. The molecule has 1 saturated heterocycles. The SMILES string of the molecule is CC1C=C(C#Cc2ccnc(NC(=O)Nc3ccc(CN4CCNCC4)c(C(F)(F)F)c3)c2)N2N=C(C3CC3)C=CC2=CC1. The second-order valence-electron chi connectivity index (χ2n) is 11.5. The van der Waals surface area contributed by atoms with Crippen LogP contribution in [0.5, 0.6) is 0 Å². The predicted octanol–water partition coefficient (Wildman–Crippen LogP) is 5.95. The molecule has 228 valence electrons. The maximum Gasteiger partial charge on any atom is 0.416 e. The van der Waals surface area contributed by atoms with Crippen molar-refractivity contribution in [3.8, 4) is 11.8 Å². The minimum absolute atomic E-state index is 0.0369. The normalized spacial score (nSPS) is 20.3.